The highest BCUT2D eigenvalue weighted by Gasteiger charge is 2.03. The highest BCUT2D eigenvalue weighted by molar-refractivity contribution is 7.99. The maximum Gasteiger partial charge on any atom is 0.225 e. The Bertz CT molecular complexity index is 647. The lowest BCUT2D eigenvalue weighted by Crippen LogP contribution is -2.12. The second-order valence-corrected chi connectivity index (χ2v) is 5.89. The molecule has 2 aromatic carbocycles. The summed E-state index contributed by atoms with van der Waals surface area (Å²) in [4.78, 5) is 12.9. The van der Waals surface area contributed by atoms with Gasteiger partial charge in [-0.15, -0.1) is 11.8 Å². The Labute approximate surface area is 132 Å². The van der Waals surface area contributed by atoms with Crippen molar-refractivity contribution in [1.82, 2.24) is 0 Å². The predicted octanol–water partition coefficient (Wildman–Crippen LogP) is 4.33. The molecule has 21 heavy (non-hydrogen) atoms. The summed E-state index contributed by atoms with van der Waals surface area (Å²) >= 11 is 7.43. The fourth-order valence-corrected chi connectivity index (χ4v) is 2.62. The Balaban J connectivity index is 1.76. The van der Waals surface area contributed by atoms with E-state index in [0.29, 0.717) is 28.4 Å². The van der Waals surface area contributed by atoms with Gasteiger partial charge in [0, 0.05) is 27.8 Å². The molecule has 0 saturated heterocycles. The van der Waals surface area contributed by atoms with Crippen molar-refractivity contribution in [2.45, 2.75) is 11.3 Å². The monoisotopic (exact) mass is 316 g/mol. The number of thioether (sulfide) groups is 1. The maximum atomic E-state index is 11.8. The molecule has 106 valence electrons. The highest BCUT2D eigenvalue weighted by atomic mass is 35.5. The van der Waals surface area contributed by atoms with E-state index in [9.17, 15) is 4.79 Å². The van der Waals surface area contributed by atoms with Gasteiger partial charge in [0.05, 0.1) is 11.6 Å². The average Bonchev–Trinajstić information content (AvgIpc) is 2.50. The van der Waals surface area contributed by atoms with Crippen molar-refractivity contribution in [3.05, 3.63) is 59.1 Å². The summed E-state index contributed by atoms with van der Waals surface area (Å²) in [6.07, 6.45) is 0.424. The Morgan fingerprint density at radius 1 is 1.14 bits per heavy atom. The van der Waals surface area contributed by atoms with Crippen molar-refractivity contribution < 1.29 is 4.79 Å². The Morgan fingerprint density at radius 3 is 2.43 bits per heavy atom. The van der Waals surface area contributed by atoms with Crippen LogP contribution in [0.3, 0.4) is 0 Å². The summed E-state index contributed by atoms with van der Waals surface area (Å²) in [5.41, 5.74) is 1.28. The van der Waals surface area contributed by atoms with Gasteiger partial charge in [0.2, 0.25) is 5.91 Å². The minimum Gasteiger partial charge on any atom is -0.326 e. The Morgan fingerprint density at radius 2 is 1.81 bits per heavy atom. The van der Waals surface area contributed by atoms with Crippen LogP contribution in [-0.2, 0) is 4.79 Å². The molecule has 2 aromatic rings. The van der Waals surface area contributed by atoms with Gasteiger partial charge in [0.1, 0.15) is 0 Å². The molecule has 0 aromatic heterocycles. The van der Waals surface area contributed by atoms with E-state index >= 15 is 0 Å². The van der Waals surface area contributed by atoms with Gasteiger partial charge in [-0.1, -0.05) is 11.6 Å². The molecule has 0 unspecified atom stereocenters. The number of nitrogens with one attached hydrogen (secondary N) is 1. The lowest BCUT2D eigenvalue weighted by atomic mass is 10.2. The van der Waals surface area contributed by atoms with Crippen molar-refractivity contribution in [3.8, 4) is 6.07 Å². The molecule has 0 saturated carbocycles. The number of rotatable bonds is 5. The molecule has 0 fully saturated rings. The molecule has 3 nitrogen and oxygen atoms in total. The first-order valence-corrected chi connectivity index (χ1v) is 7.72. The van der Waals surface area contributed by atoms with Crippen LogP contribution in [0.25, 0.3) is 0 Å². The van der Waals surface area contributed by atoms with Crippen LogP contribution in [0.15, 0.2) is 53.4 Å². The maximum absolute atomic E-state index is 11.8. The zero-order valence-electron chi connectivity index (χ0n) is 11.2. The van der Waals surface area contributed by atoms with Gasteiger partial charge in [0.25, 0.3) is 0 Å². The molecule has 1 N–H and O–H groups in total. The molecule has 5 heteroatoms. The second kappa shape index (κ2) is 7.72. The normalized spacial score (nSPS) is 9.90. The molecule has 0 aliphatic heterocycles. The first-order chi connectivity index (χ1) is 10.2. The number of hydrogen-bond acceptors (Lipinski definition) is 3. The lowest BCUT2D eigenvalue weighted by Gasteiger charge is -2.05. The van der Waals surface area contributed by atoms with Gasteiger partial charge in [-0.2, -0.15) is 5.26 Å². The second-order valence-electron chi connectivity index (χ2n) is 4.29. The van der Waals surface area contributed by atoms with Crippen molar-refractivity contribution in [1.29, 1.82) is 5.26 Å². The molecule has 0 radical (unpaired) electrons. The highest BCUT2D eigenvalue weighted by Crippen LogP contribution is 2.21. The number of hydrogen-bond donors (Lipinski definition) is 1. The first kappa shape index (κ1) is 15.4. The molecule has 1 amide bonds. The molecule has 0 atom stereocenters. The number of benzene rings is 2. The number of carbonyl (C=O) groups is 1. The first-order valence-electron chi connectivity index (χ1n) is 6.36. The average molecular weight is 317 g/mol. The summed E-state index contributed by atoms with van der Waals surface area (Å²) in [5, 5.41) is 12.2. The molecular formula is C16H13ClN2OS. The Kier molecular flexibility index (Phi) is 5.68. The van der Waals surface area contributed by atoms with Crippen LogP contribution in [0.2, 0.25) is 5.02 Å². The van der Waals surface area contributed by atoms with E-state index in [-0.39, 0.29) is 5.91 Å². The molecular weight excluding hydrogens is 304 g/mol. The Hall–Kier alpha value is -1.96. The van der Waals surface area contributed by atoms with E-state index in [1.54, 1.807) is 36.0 Å². The third-order valence-corrected chi connectivity index (χ3v) is 3.97. The third kappa shape index (κ3) is 5.14. The zero-order valence-corrected chi connectivity index (χ0v) is 12.7. The smallest absolute Gasteiger partial charge is 0.225 e. The summed E-state index contributed by atoms with van der Waals surface area (Å²) in [6, 6.07) is 16.4. The summed E-state index contributed by atoms with van der Waals surface area (Å²) in [5.74, 6) is 0.658. The van der Waals surface area contributed by atoms with E-state index in [4.69, 9.17) is 16.9 Å². The topological polar surface area (TPSA) is 52.9 Å². The molecule has 0 spiro atoms. The molecule has 2 rings (SSSR count). The van der Waals surface area contributed by atoms with Crippen LogP contribution in [0.4, 0.5) is 5.69 Å². The van der Waals surface area contributed by atoms with E-state index in [2.05, 4.69) is 5.32 Å². The van der Waals surface area contributed by atoms with E-state index in [0.717, 1.165) is 4.90 Å². The van der Waals surface area contributed by atoms with Gasteiger partial charge < -0.3 is 5.32 Å². The van der Waals surface area contributed by atoms with Crippen LogP contribution in [0, 0.1) is 11.3 Å². The van der Waals surface area contributed by atoms with Crippen molar-refractivity contribution in [2.75, 3.05) is 11.1 Å². The standard InChI is InChI=1S/C16H13ClN2OS/c17-13-3-7-15(8-4-13)21-10-9-16(20)19-14-5-1-12(11-18)2-6-14/h1-8H,9-10H2,(H,19,20). The number of carbonyl (C=O) groups excluding carboxylic acids is 1. The third-order valence-electron chi connectivity index (χ3n) is 2.71. The van der Waals surface area contributed by atoms with Crippen molar-refractivity contribution in [3.63, 3.8) is 0 Å². The zero-order chi connectivity index (χ0) is 15.1. The van der Waals surface area contributed by atoms with Gasteiger partial charge in [-0.05, 0) is 48.5 Å². The van der Waals surface area contributed by atoms with E-state index in [1.165, 1.54) is 0 Å². The number of anilines is 1. The minimum atomic E-state index is -0.0406. The summed E-state index contributed by atoms with van der Waals surface area (Å²) < 4.78 is 0. The molecule has 0 bridgehead atoms. The van der Waals surface area contributed by atoms with Gasteiger partial charge >= 0.3 is 0 Å². The molecule has 0 heterocycles. The molecule has 0 aliphatic rings. The fourth-order valence-electron chi connectivity index (χ4n) is 1.64. The fraction of sp³-hybridized carbons (Fsp3) is 0.125. The SMILES string of the molecule is N#Cc1ccc(NC(=O)CCSc2ccc(Cl)cc2)cc1. The van der Waals surface area contributed by atoms with Crippen LogP contribution < -0.4 is 5.32 Å². The lowest BCUT2D eigenvalue weighted by molar-refractivity contribution is -0.115. The van der Waals surface area contributed by atoms with Crippen LogP contribution in [0.5, 0.6) is 0 Å². The van der Waals surface area contributed by atoms with Crippen molar-refractivity contribution >= 4 is 35.0 Å². The molecule has 0 aliphatic carbocycles. The van der Waals surface area contributed by atoms with Crippen LogP contribution >= 0.6 is 23.4 Å². The van der Waals surface area contributed by atoms with Crippen molar-refractivity contribution in [2.24, 2.45) is 0 Å². The number of nitrogens with zero attached hydrogens (tertiary/aromatic N) is 1. The predicted molar refractivity (Wildman–Crippen MR) is 86.6 cm³/mol. The number of amides is 1. The summed E-state index contributed by atoms with van der Waals surface area (Å²) in [6.45, 7) is 0. The number of nitriles is 1. The largest absolute Gasteiger partial charge is 0.326 e. The van der Waals surface area contributed by atoms with Gasteiger partial charge in [0.15, 0.2) is 0 Å². The van der Waals surface area contributed by atoms with Crippen LogP contribution in [-0.4, -0.2) is 11.7 Å². The van der Waals surface area contributed by atoms with E-state index < -0.39 is 0 Å². The minimum absolute atomic E-state index is 0.0406. The van der Waals surface area contributed by atoms with Gasteiger partial charge in [-0.25, -0.2) is 0 Å². The quantitative estimate of drug-likeness (QED) is 0.835. The van der Waals surface area contributed by atoms with Gasteiger partial charge in [-0.3, -0.25) is 4.79 Å². The van der Waals surface area contributed by atoms with E-state index in [1.807, 2.05) is 30.3 Å². The summed E-state index contributed by atoms with van der Waals surface area (Å²) in [7, 11) is 0. The van der Waals surface area contributed by atoms with Crippen LogP contribution in [0.1, 0.15) is 12.0 Å². The number of halogens is 1.